The van der Waals surface area contributed by atoms with E-state index in [1.165, 1.54) is 12.8 Å². The highest BCUT2D eigenvalue weighted by Crippen LogP contribution is 2.43. The van der Waals surface area contributed by atoms with Crippen LogP contribution in [0.15, 0.2) is 22.9 Å². The third kappa shape index (κ3) is 4.87. The number of amides is 1. The SMILES string of the molecule is Cn1cnnc1N1CCN(C(=O)c2cc3nc(C4CCC(C)(C)CC4)cc(C(C)(C)C)c3o2)C(C)(C)C1. The summed E-state index contributed by atoms with van der Waals surface area (Å²) in [6, 6.07) is 4.11. The van der Waals surface area contributed by atoms with Gasteiger partial charge in [-0.1, -0.05) is 34.6 Å². The van der Waals surface area contributed by atoms with Gasteiger partial charge in [-0.2, -0.15) is 0 Å². The van der Waals surface area contributed by atoms with Crippen LogP contribution >= 0.6 is 0 Å². The topological polar surface area (TPSA) is 80.3 Å². The molecule has 4 heterocycles. The summed E-state index contributed by atoms with van der Waals surface area (Å²) in [7, 11) is 1.94. The molecule has 1 aliphatic heterocycles. The second kappa shape index (κ2) is 8.84. The standard InChI is InChI=1S/C29H42N6O2/c1-27(2,3)20-15-21(19-9-11-28(4,5)12-10-19)31-22-16-23(37-24(20)22)25(36)35-14-13-34(17-29(35,6)7)26-32-30-18-33(26)8/h15-16,18-19H,9-14,17H2,1-8H3. The van der Waals surface area contributed by atoms with Crippen molar-refractivity contribution in [2.75, 3.05) is 24.5 Å². The van der Waals surface area contributed by atoms with Gasteiger partial charge in [0.1, 0.15) is 11.8 Å². The van der Waals surface area contributed by atoms with E-state index in [-0.39, 0.29) is 11.3 Å². The third-order valence-electron chi connectivity index (χ3n) is 8.39. The lowest BCUT2D eigenvalue weighted by atomic mass is 9.72. The maximum absolute atomic E-state index is 13.8. The van der Waals surface area contributed by atoms with Crippen LogP contribution in [0.2, 0.25) is 0 Å². The zero-order valence-corrected chi connectivity index (χ0v) is 23.8. The molecule has 0 unspecified atom stereocenters. The Balaban J connectivity index is 1.45. The number of carbonyl (C=O) groups excluding carboxylic acids is 1. The molecular weight excluding hydrogens is 464 g/mol. The molecule has 1 amide bonds. The van der Waals surface area contributed by atoms with E-state index in [1.807, 2.05) is 22.6 Å². The van der Waals surface area contributed by atoms with E-state index in [9.17, 15) is 4.79 Å². The maximum Gasteiger partial charge on any atom is 0.290 e. The molecule has 8 heteroatoms. The molecule has 5 rings (SSSR count). The van der Waals surface area contributed by atoms with Crippen LogP contribution in [-0.4, -0.2) is 55.7 Å². The molecule has 0 bridgehead atoms. The number of hydrogen-bond donors (Lipinski definition) is 0. The fourth-order valence-corrected chi connectivity index (χ4v) is 6.01. The van der Waals surface area contributed by atoms with Crippen molar-refractivity contribution in [1.29, 1.82) is 0 Å². The first-order chi connectivity index (χ1) is 17.2. The fraction of sp³-hybridized carbons (Fsp3) is 0.655. The number of pyridine rings is 1. The molecule has 1 saturated heterocycles. The Kier molecular flexibility index (Phi) is 6.15. The van der Waals surface area contributed by atoms with Crippen molar-refractivity contribution in [1.82, 2.24) is 24.6 Å². The summed E-state index contributed by atoms with van der Waals surface area (Å²) in [6.07, 6.45) is 6.45. The summed E-state index contributed by atoms with van der Waals surface area (Å²) in [5.41, 5.74) is 3.70. The van der Waals surface area contributed by atoms with Crippen LogP contribution in [0.3, 0.4) is 0 Å². The smallest absolute Gasteiger partial charge is 0.290 e. The first-order valence-corrected chi connectivity index (χ1v) is 13.6. The molecule has 2 aliphatic rings. The minimum atomic E-state index is -0.402. The zero-order valence-electron chi connectivity index (χ0n) is 23.8. The number of aryl methyl sites for hydroxylation is 1. The van der Waals surface area contributed by atoms with Crippen molar-refractivity contribution in [3.8, 4) is 0 Å². The number of hydrogen-bond acceptors (Lipinski definition) is 6. The summed E-state index contributed by atoms with van der Waals surface area (Å²) in [5, 5.41) is 8.27. The lowest BCUT2D eigenvalue weighted by molar-refractivity contribution is 0.0482. The van der Waals surface area contributed by atoms with Crippen LogP contribution in [0, 0.1) is 5.41 Å². The minimum absolute atomic E-state index is 0.0820. The van der Waals surface area contributed by atoms with Crippen LogP contribution in [0.5, 0.6) is 0 Å². The van der Waals surface area contributed by atoms with Crippen LogP contribution in [0.4, 0.5) is 5.95 Å². The summed E-state index contributed by atoms with van der Waals surface area (Å²) >= 11 is 0. The second-order valence-electron chi connectivity index (χ2n) is 13.5. The Labute approximate surface area is 220 Å². The molecule has 0 N–H and O–H groups in total. The molecule has 3 aromatic heterocycles. The lowest BCUT2D eigenvalue weighted by Gasteiger charge is -2.46. The monoisotopic (exact) mass is 506 g/mol. The van der Waals surface area contributed by atoms with Gasteiger partial charge in [-0.3, -0.25) is 4.79 Å². The molecule has 0 radical (unpaired) electrons. The first kappa shape index (κ1) is 25.7. The molecule has 200 valence electrons. The Morgan fingerprint density at radius 2 is 1.78 bits per heavy atom. The number of aromatic nitrogens is 4. The van der Waals surface area contributed by atoms with Gasteiger partial charge in [0.15, 0.2) is 11.3 Å². The number of carbonyl (C=O) groups is 1. The minimum Gasteiger partial charge on any atom is -0.449 e. The highest BCUT2D eigenvalue weighted by Gasteiger charge is 2.40. The van der Waals surface area contributed by atoms with Crippen molar-refractivity contribution >= 4 is 23.0 Å². The van der Waals surface area contributed by atoms with Gasteiger partial charge in [-0.05, 0) is 56.4 Å². The van der Waals surface area contributed by atoms with Crippen molar-refractivity contribution in [3.63, 3.8) is 0 Å². The largest absolute Gasteiger partial charge is 0.449 e. The second-order valence-corrected chi connectivity index (χ2v) is 13.5. The van der Waals surface area contributed by atoms with Crippen molar-refractivity contribution in [3.05, 3.63) is 35.5 Å². The summed E-state index contributed by atoms with van der Waals surface area (Å²) in [4.78, 5) is 23.0. The molecule has 0 aromatic carbocycles. The summed E-state index contributed by atoms with van der Waals surface area (Å²) in [5.74, 6) is 1.57. The summed E-state index contributed by atoms with van der Waals surface area (Å²) < 4.78 is 8.25. The van der Waals surface area contributed by atoms with Gasteiger partial charge in [0.05, 0.1) is 5.54 Å². The Morgan fingerprint density at radius 3 is 2.38 bits per heavy atom. The molecule has 0 atom stereocenters. The molecule has 3 aromatic rings. The molecule has 0 spiro atoms. The molecular formula is C29H42N6O2. The van der Waals surface area contributed by atoms with Gasteiger partial charge < -0.3 is 18.8 Å². The van der Waals surface area contributed by atoms with Gasteiger partial charge >= 0.3 is 0 Å². The Bertz CT molecular complexity index is 1300. The van der Waals surface area contributed by atoms with E-state index in [0.717, 1.165) is 41.1 Å². The van der Waals surface area contributed by atoms with E-state index >= 15 is 0 Å². The number of rotatable bonds is 3. The normalized spacial score (nSPS) is 20.5. The van der Waals surface area contributed by atoms with Crippen molar-refractivity contribution < 1.29 is 9.21 Å². The highest BCUT2D eigenvalue weighted by molar-refractivity contribution is 5.96. The number of fused-ring (bicyclic) bond motifs is 1. The third-order valence-corrected chi connectivity index (χ3v) is 8.39. The predicted molar refractivity (Wildman–Crippen MR) is 146 cm³/mol. The van der Waals surface area contributed by atoms with Gasteiger partial charge in [-0.15, -0.1) is 10.2 Å². The molecule has 1 saturated carbocycles. The molecule has 37 heavy (non-hydrogen) atoms. The summed E-state index contributed by atoms with van der Waals surface area (Å²) in [6.45, 7) is 17.5. The predicted octanol–water partition coefficient (Wildman–Crippen LogP) is 5.68. The van der Waals surface area contributed by atoms with Crippen molar-refractivity contribution in [2.24, 2.45) is 12.5 Å². The van der Waals surface area contributed by atoms with E-state index < -0.39 is 5.54 Å². The van der Waals surface area contributed by atoms with E-state index in [4.69, 9.17) is 9.40 Å². The Hall–Kier alpha value is -2.90. The number of anilines is 1. The van der Waals surface area contributed by atoms with Crippen LogP contribution < -0.4 is 4.90 Å². The highest BCUT2D eigenvalue weighted by atomic mass is 16.3. The lowest BCUT2D eigenvalue weighted by Crippen LogP contribution is -2.61. The van der Waals surface area contributed by atoms with Gasteiger partial charge in [0.25, 0.3) is 5.91 Å². The average molecular weight is 507 g/mol. The molecule has 8 nitrogen and oxygen atoms in total. The number of piperazine rings is 1. The zero-order chi connectivity index (χ0) is 26.8. The van der Waals surface area contributed by atoms with Crippen molar-refractivity contribution in [2.45, 2.75) is 91.0 Å². The van der Waals surface area contributed by atoms with E-state index in [0.29, 0.717) is 36.7 Å². The van der Waals surface area contributed by atoms with E-state index in [2.05, 4.69) is 69.6 Å². The van der Waals surface area contributed by atoms with Crippen LogP contribution in [0.1, 0.15) is 102 Å². The number of nitrogens with zero attached hydrogens (tertiary/aromatic N) is 6. The van der Waals surface area contributed by atoms with Crippen LogP contribution in [0.25, 0.3) is 11.1 Å². The van der Waals surface area contributed by atoms with Gasteiger partial charge in [0.2, 0.25) is 5.95 Å². The average Bonchev–Trinajstić information content (AvgIpc) is 3.42. The Morgan fingerprint density at radius 1 is 1.08 bits per heavy atom. The van der Waals surface area contributed by atoms with Gasteiger partial charge in [0, 0.05) is 49.9 Å². The number of furan rings is 1. The molecule has 2 fully saturated rings. The first-order valence-electron chi connectivity index (χ1n) is 13.6. The fourth-order valence-electron chi connectivity index (χ4n) is 6.01. The quantitative estimate of drug-likeness (QED) is 0.455. The maximum atomic E-state index is 13.8. The molecule has 1 aliphatic carbocycles. The van der Waals surface area contributed by atoms with E-state index in [1.54, 1.807) is 6.33 Å². The van der Waals surface area contributed by atoms with Gasteiger partial charge in [-0.25, -0.2) is 4.98 Å². The van der Waals surface area contributed by atoms with Crippen LogP contribution in [-0.2, 0) is 12.5 Å².